The zero-order valence-electron chi connectivity index (χ0n) is 14.2. The van der Waals surface area contributed by atoms with Crippen LogP contribution >= 0.6 is 0 Å². The zero-order valence-corrected chi connectivity index (χ0v) is 14.2. The Hall–Kier alpha value is -2.57. The van der Waals surface area contributed by atoms with Crippen molar-refractivity contribution in [3.63, 3.8) is 0 Å². The lowest BCUT2D eigenvalue weighted by Crippen LogP contribution is -2.50. The molecule has 25 heavy (non-hydrogen) atoms. The molecule has 0 N–H and O–H groups in total. The maximum Gasteiger partial charge on any atom is 0.289 e. The number of amides is 2. The molecule has 7 heteroatoms. The Kier molecular flexibility index (Phi) is 4.07. The molecule has 1 fully saturated rings. The van der Waals surface area contributed by atoms with E-state index >= 15 is 0 Å². The van der Waals surface area contributed by atoms with Crippen molar-refractivity contribution in [2.45, 2.75) is 26.2 Å². The highest BCUT2D eigenvalue weighted by Crippen LogP contribution is 2.28. The van der Waals surface area contributed by atoms with E-state index < -0.39 is 0 Å². The molecule has 0 spiro atoms. The van der Waals surface area contributed by atoms with Crippen LogP contribution in [-0.2, 0) is 12.8 Å². The van der Waals surface area contributed by atoms with Gasteiger partial charge < -0.3 is 18.7 Å². The molecule has 3 heterocycles. The number of fused-ring (bicyclic) bond motifs is 1. The Balaban J connectivity index is 1.42. The summed E-state index contributed by atoms with van der Waals surface area (Å²) < 4.78 is 10.5. The van der Waals surface area contributed by atoms with Crippen molar-refractivity contribution in [2.24, 2.45) is 5.92 Å². The van der Waals surface area contributed by atoms with Gasteiger partial charge in [0.15, 0.2) is 11.5 Å². The van der Waals surface area contributed by atoms with Crippen LogP contribution in [0.4, 0.5) is 0 Å². The average molecular weight is 343 g/mol. The summed E-state index contributed by atoms with van der Waals surface area (Å²) in [6, 6.07) is 3.35. The van der Waals surface area contributed by atoms with E-state index in [-0.39, 0.29) is 11.8 Å². The quantitative estimate of drug-likeness (QED) is 0.833. The molecule has 2 aromatic heterocycles. The predicted molar refractivity (Wildman–Crippen MR) is 88.2 cm³/mol. The number of carbonyl (C=O) groups excluding carboxylic acids is 2. The molecule has 1 aliphatic heterocycles. The lowest BCUT2D eigenvalue weighted by Gasteiger charge is -2.34. The van der Waals surface area contributed by atoms with E-state index in [9.17, 15) is 9.59 Å². The van der Waals surface area contributed by atoms with Gasteiger partial charge in [-0.05, 0) is 30.9 Å². The number of hydrogen-bond donors (Lipinski definition) is 0. The van der Waals surface area contributed by atoms with Gasteiger partial charge in [0.05, 0.1) is 6.26 Å². The fourth-order valence-corrected chi connectivity index (χ4v) is 3.56. The molecule has 0 bridgehead atoms. The van der Waals surface area contributed by atoms with Crippen molar-refractivity contribution in [2.75, 3.05) is 26.2 Å². The summed E-state index contributed by atoms with van der Waals surface area (Å²) in [5.74, 6) is 1.50. The van der Waals surface area contributed by atoms with Gasteiger partial charge in [-0.1, -0.05) is 12.1 Å². The third-order valence-electron chi connectivity index (χ3n) is 5.07. The van der Waals surface area contributed by atoms with E-state index in [1.807, 2.05) is 0 Å². The molecule has 2 aromatic rings. The standard InChI is InChI=1S/C18H21N3O4/c1-12-4-5-14-13(11-12)16(19-25-14)18(23)21-8-6-20(7-9-21)17(22)15-3-2-10-24-15/h2-3,10,12H,4-9,11H2,1H3. The summed E-state index contributed by atoms with van der Waals surface area (Å²) in [4.78, 5) is 28.6. The first-order valence-corrected chi connectivity index (χ1v) is 8.73. The molecule has 0 aromatic carbocycles. The van der Waals surface area contributed by atoms with Crippen LogP contribution in [0.3, 0.4) is 0 Å². The van der Waals surface area contributed by atoms with Crippen molar-refractivity contribution in [1.82, 2.24) is 15.0 Å². The predicted octanol–water partition coefficient (Wildman–Crippen LogP) is 1.99. The number of aromatic nitrogens is 1. The van der Waals surface area contributed by atoms with Crippen molar-refractivity contribution < 1.29 is 18.5 Å². The summed E-state index contributed by atoms with van der Waals surface area (Å²) >= 11 is 0. The first-order valence-electron chi connectivity index (χ1n) is 8.73. The minimum Gasteiger partial charge on any atom is -0.459 e. The maximum atomic E-state index is 12.8. The van der Waals surface area contributed by atoms with Gasteiger partial charge in [-0.3, -0.25) is 9.59 Å². The normalized spacial score (nSPS) is 20.4. The summed E-state index contributed by atoms with van der Waals surface area (Å²) in [6.07, 6.45) is 4.25. The van der Waals surface area contributed by atoms with Crippen LogP contribution in [0.15, 0.2) is 27.3 Å². The van der Waals surface area contributed by atoms with E-state index in [2.05, 4.69) is 12.1 Å². The molecule has 0 radical (unpaired) electrons. The van der Waals surface area contributed by atoms with Crippen LogP contribution in [0.1, 0.15) is 45.7 Å². The van der Waals surface area contributed by atoms with Crippen molar-refractivity contribution in [1.29, 1.82) is 0 Å². The molecule has 4 rings (SSSR count). The largest absolute Gasteiger partial charge is 0.459 e. The Morgan fingerprint density at radius 1 is 1.16 bits per heavy atom. The zero-order chi connectivity index (χ0) is 17.4. The van der Waals surface area contributed by atoms with Gasteiger partial charge in [0, 0.05) is 38.2 Å². The van der Waals surface area contributed by atoms with Gasteiger partial charge in [0.1, 0.15) is 5.76 Å². The van der Waals surface area contributed by atoms with Crippen LogP contribution < -0.4 is 0 Å². The van der Waals surface area contributed by atoms with Gasteiger partial charge in [-0.2, -0.15) is 0 Å². The summed E-state index contributed by atoms with van der Waals surface area (Å²) in [7, 11) is 0. The molecular formula is C18H21N3O4. The maximum absolute atomic E-state index is 12.8. The Morgan fingerprint density at radius 3 is 2.56 bits per heavy atom. The first kappa shape index (κ1) is 15.9. The van der Waals surface area contributed by atoms with Gasteiger partial charge in [0.25, 0.3) is 11.8 Å². The molecular weight excluding hydrogens is 322 g/mol. The summed E-state index contributed by atoms with van der Waals surface area (Å²) in [5, 5.41) is 4.04. The topological polar surface area (TPSA) is 79.8 Å². The summed E-state index contributed by atoms with van der Waals surface area (Å²) in [5.41, 5.74) is 1.42. The Bertz CT molecular complexity index is 772. The number of rotatable bonds is 2. The Morgan fingerprint density at radius 2 is 1.88 bits per heavy atom. The van der Waals surface area contributed by atoms with E-state index in [0.717, 1.165) is 30.6 Å². The monoisotopic (exact) mass is 343 g/mol. The van der Waals surface area contributed by atoms with Gasteiger partial charge in [-0.25, -0.2) is 0 Å². The average Bonchev–Trinajstić information content (AvgIpc) is 3.30. The number of piperazine rings is 1. The molecule has 1 atom stereocenters. The van der Waals surface area contributed by atoms with Crippen LogP contribution in [0.5, 0.6) is 0 Å². The van der Waals surface area contributed by atoms with E-state index in [1.54, 1.807) is 21.9 Å². The number of hydrogen-bond acceptors (Lipinski definition) is 5. The number of furan rings is 1. The number of nitrogens with zero attached hydrogens (tertiary/aromatic N) is 3. The van der Waals surface area contributed by atoms with E-state index in [4.69, 9.17) is 8.94 Å². The number of carbonyl (C=O) groups is 2. The Labute approximate surface area is 145 Å². The second-order valence-corrected chi connectivity index (χ2v) is 6.84. The van der Waals surface area contributed by atoms with E-state index in [0.29, 0.717) is 43.6 Å². The lowest BCUT2D eigenvalue weighted by molar-refractivity contribution is 0.0512. The van der Waals surface area contributed by atoms with Gasteiger partial charge >= 0.3 is 0 Å². The molecule has 132 valence electrons. The molecule has 7 nitrogen and oxygen atoms in total. The second kappa shape index (κ2) is 6.38. The molecule has 1 unspecified atom stereocenters. The van der Waals surface area contributed by atoms with Crippen LogP contribution in [0.25, 0.3) is 0 Å². The van der Waals surface area contributed by atoms with Crippen molar-refractivity contribution in [3.8, 4) is 0 Å². The fraction of sp³-hybridized carbons (Fsp3) is 0.500. The highest BCUT2D eigenvalue weighted by Gasteiger charge is 2.32. The smallest absolute Gasteiger partial charge is 0.289 e. The highest BCUT2D eigenvalue weighted by atomic mass is 16.5. The molecule has 0 saturated carbocycles. The van der Waals surface area contributed by atoms with Crippen LogP contribution in [0, 0.1) is 5.92 Å². The first-order chi connectivity index (χ1) is 12.1. The van der Waals surface area contributed by atoms with Crippen LogP contribution in [0.2, 0.25) is 0 Å². The van der Waals surface area contributed by atoms with Crippen molar-refractivity contribution in [3.05, 3.63) is 41.2 Å². The molecule has 1 saturated heterocycles. The number of aryl methyl sites for hydroxylation is 1. The summed E-state index contributed by atoms with van der Waals surface area (Å²) in [6.45, 7) is 4.14. The second-order valence-electron chi connectivity index (χ2n) is 6.84. The third kappa shape index (κ3) is 2.94. The third-order valence-corrected chi connectivity index (χ3v) is 5.07. The molecule has 2 amide bonds. The molecule has 1 aliphatic carbocycles. The van der Waals surface area contributed by atoms with Gasteiger partial charge in [0.2, 0.25) is 0 Å². The lowest BCUT2D eigenvalue weighted by atomic mass is 9.88. The van der Waals surface area contributed by atoms with Gasteiger partial charge in [-0.15, -0.1) is 0 Å². The SMILES string of the molecule is CC1CCc2onc(C(=O)N3CCN(C(=O)c4ccco4)CC3)c2C1. The highest BCUT2D eigenvalue weighted by molar-refractivity contribution is 5.94. The van der Waals surface area contributed by atoms with E-state index in [1.165, 1.54) is 6.26 Å². The molecule has 2 aliphatic rings. The minimum absolute atomic E-state index is 0.0933. The fourth-order valence-electron chi connectivity index (χ4n) is 3.56. The van der Waals surface area contributed by atoms with Crippen molar-refractivity contribution >= 4 is 11.8 Å². The van der Waals surface area contributed by atoms with Crippen LogP contribution in [-0.4, -0.2) is 52.9 Å². The minimum atomic E-state index is -0.135.